The molecular formula is C13H19NO2S. The summed E-state index contributed by atoms with van der Waals surface area (Å²) in [6, 6.07) is 0. The molecule has 0 saturated heterocycles. The molecule has 0 atom stereocenters. The maximum atomic E-state index is 11.6. The number of carbonyl (C=O) groups is 2. The summed E-state index contributed by atoms with van der Waals surface area (Å²) < 4.78 is 0. The Hall–Kier alpha value is -1.16. The highest BCUT2D eigenvalue weighted by molar-refractivity contribution is 7.18. The van der Waals surface area contributed by atoms with E-state index in [9.17, 15) is 9.59 Å². The second-order valence-electron chi connectivity index (χ2n) is 4.15. The first kappa shape index (κ1) is 13.9. The molecule has 0 radical (unpaired) electrons. The molecule has 94 valence electrons. The molecule has 3 nitrogen and oxygen atoms in total. The van der Waals surface area contributed by atoms with Crippen LogP contribution in [0.2, 0.25) is 0 Å². The summed E-state index contributed by atoms with van der Waals surface area (Å²) in [6.07, 6.45) is 2.16. The van der Waals surface area contributed by atoms with E-state index in [1.165, 1.54) is 11.3 Å². The van der Waals surface area contributed by atoms with E-state index < -0.39 is 0 Å². The van der Waals surface area contributed by atoms with Crippen molar-refractivity contribution >= 4 is 27.9 Å². The summed E-state index contributed by atoms with van der Waals surface area (Å²) in [4.78, 5) is 23.8. The van der Waals surface area contributed by atoms with Crippen LogP contribution in [-0.4, -0.2) is 18.1 Å². The van der Waals surface area contributed by atoms with Crippen molar-refractivity contribution in [2.24, 2.45) is 0 Å². The third kappa shape index (κ3) is 3.16. The number of hydrogen-bond acceptors (Lipinski definition) is 4. The molecule has 0 aliphatic rings. The Morgan fingerprint density at radius 3 is 2.35 bits per heavy atom. The smallest absolute Gasteiger partial charge is 0.170 e. The van der Waals surface area contributed by atoms with Crippen molar-refractivity contribution < 1.29 is 9.59 Å². The van der Waals surface area contributed by atoms with E-state index in [4.69, 9.17) is 0 Å². The van der Waals surface area contributed by atoms with Crippen LogP contribution < -0.4 is 5.32 Å². The fourth-order valence-corrected chi connectivity index (χ4v) is 2.95. The molecule has 0 saturated carbocycles. The van der Waals surface area contributed by atoms with Gasteiger partial charge in [-0.15, -0.1) is 11.3 Å². The molecule has 1 aromatic rings. The average Bonchev–Trinajstić information content (AvgIpc) is 2.56. The molecule has 1 aromatic heterocycles. The Kier molecular flexibility index (Phi) is 4.87. The highest BCUT2D eigenvalue weighted by Crippen LogP contribution is 2.33. The highest BCUT2D eigenvalue weighted by atomic mass is 32.1. The van der Waals surface area contributed by atoms with Crippen LogP contribution in [0.5, 0.6) is 0 Å². The predicted molar refractivity (Wildman–Crippen MR) is 72.5 cm³/mol. The number of rotatable bonds is 6. The normalized spacial score (nSPS) is 10.4. The van der Waals surface area contributed by atoms with Crippen molar-refractivity contribution in [3.05, 3.63) is 16.0 Å². The monoisotopic (exact) mass is 253 g/mol. The molecule has 0 unspecified atom stereocenters. The summed E-state index contributed by atoms with van der Waals surface area (Å²) in [5.41, 5.74) is 1.49. The summed E-state index contributed by atoms with van der Waals surface area (Å²) in [5, 5.41) is 4.10. The van der Waals surface area contributed by atoms with E-state index in [1.807, 2.05) is 6.92 Å². The molecule has 0 aliphatic carbocycles. The van der Waals surface area contributed by atoms with Crippen molar-refractivity contribution in [1.82, 2.24) is 0 Å². The first-order valence-electron chi connectivity index (χ1n) is 5.88. The standard InChI is InChI=1S/C13H19NO2S/c1-5-6-7-14-13-11(9(3)15)8(2)12(17-13)10(4)16/h14H,5-7H2,1-4H3. The molecule has 0 amide bonds. The lowest BCUT2D eigenvalue weighted by Crippen LogP contribution is -2.04. The van der Waals surface area contributed by atoms with Gasteiger partial charge in [0.15, 0.2) is 11.6 Å². The molecular weight excluding hydrogens is 234 g/mol. The van der Waals surface area contributed by atoms with Crippen LogP contribution in [-0.2, 0) is 0 Å². The maximum Gasteiger partial charge on any atom is 0.170 e. The van der Waals surface area contributed by atoms with Gasteiger partial charge in [-0.3, -0.25) is 9.59 Å². The SMILES string of the molecule is CCCCNc1sc(C(C)=O)c(C)c1C(C)=O. The Morgan fingerprint density at radius 1 is 1.24 bits per heavy atom. The first-order valence-corrected chi connectivity index (χ1v) is 6.69. The van der Waals surface area contributed by atoms with Crippen LogP contribution in [0.1, 0.15) is 59.2 Å². The van der Waals surface area contributed by atoms with Crippen molar-refractivity contribution in [3.63, 3.8) is 0 Å². The van der Waals surface area contributed by atoms with Gasteiger partial charge in [0.1, 0.15) is 5.00 Å². The number of hydrogen-bond donors (Lipinski definition) is 1. The van der Waals surface area contributed by atoms with Gasteiger partial charge < -0.3 is 5.32 Å². The van der Waals surface area contributed by atoms with E-state index in [2.05, 4.69) is 12.2 Å². The molecule has 0 aromatic carbocycles. The topological polar surface area (TPSA) is 46.2 Å². The lowest BCUT2D eigenvalue weighted by molar-refractivity contribution is 0.101. The third-order valence-corrected chi connectivity index (χ3v) is 3.98. The van der Waals surface area contributed by atoms with E-state index in [0.29, 0.717) is 10.4 Å². The molecule has 0 fully saturated rings. The zero-order valence-corrected chi connectivity index (χ0v) is 11.7. The molecule has 0 spiro atoms. The molecule has 1 N–H and O–H groups in total. The number of carbonyl (C=O) groups excluding carboxylic acids is 2. The lowest BCUT2D eigenvalue weighted by Gasteiger charge is -2.04. The molecule has 4 heteroatoms. The van der Waals surface area contributed by atoms with E-state index in [0.717, 1.165) is 30.0 Å². The number of nitrogens with one attached hydrogen (secondary N) is 1. The van der Waals surface area contributed by atoms with Crippen LogP contribution in [0.25, 0.3) is 0 Å². The van der Waals surface area contributed by atoms with Gasteiger partial charge in [0.2, 0.25) is 0 Å². The fraction of sp³-hybridized carbons (Fsp3) is 0.538. The van der Waals surface area contributed by atoms with Crippen LogP contribution in [0, 0.1) is 6.92 Å². The first-order chi connectivity index (χ1) is 7.99. The van der Waals surface area contributed by atoms with Crippen molar-refractivity contribution in [2.75, 3.05) is 11.9 Å². The summed E-state index contributed by atoms with van der Waals surface area (Å²) in [7, 11) is 0. The quantitative estimate of drug-likeness (QED) is 0.621. The second-order valence-corrected chi connectivity index (χ2v) is 5.17. The van der Waals surface area contributed by atoms with E-state index >= 15 is 0 Å². The number of anilines is 1. The predicted octanol–water partition coefficient (Wildman–Crippen LogP) is 3.67. The molecule has 1 rings (SSSR count). The van der Waals surface area contributed by atoms with Crippen molar-refractivity contribution in [2.45, 2.75) is 40.5 Å². The maximum absolute atomic E-state index is 11.6. The van der Waals surface area contributed by atoms with Gasteiger partial charge in [-0.05, 0) is 32.8 Å². The Balaban J connectivity index is 3.06. The lowest BCUT2D eigenvalue weighted by atomic mass is 10.1. The Labute approximate surface area is 106 Å². The van der Waals surface area contributed by atoms with Crippen LogP contribution in [0.4, 0.5) is 5.00 Å². The summed E-state index contributed by atoms with van der Waals surface area (Å²) in [5.74, 6) is 0.0452. The molecule has 1 heterocycles. The zero-order chi connectivity index (χ0) is 13.0. The van der Waals surface area contributed by atoms with Crippen molar-refractivity contribution in [1.29, 1.82) is 0 Å². The van der Waals surface area contributed by atoms with Gasteiger partial charge in [-0.2, -0.15) is 0 Å². The van der Waals surface area contributed by atoms with Crippen LogP contribution >= 0.6 is 11.3 Å². The molecule has 17 heavy (non-hydrogen) atoms. The van der Waals surface area contributed by atoms with Gasteiger partial charge in [-0.1, -0.05) is 13.3 Å². The highest BCUT2D eigenvalue weighted by Gasteiger charge is 2.20. The number of Topliss-reactive ketones (excluding diaryl/α,β-unsaturated/α-hetero) is 2. The molecule has 0 aliphatic heterocycles. The minimum atomic E-state index is 0.0187. The fourth-order valence-electron chi connectivity index (χ4n) is 1.78. The van der Waals surface area contributed by atoms with Gasteiger partial charge in [0, 0.05) is 6.54 Å². The minimum absolute atomic E-state index is 0.0187. The van der Waals surface area contributed by atoms with Gasteiger partial charge in [0.25, 0.3) is 0 Å². The van der Waals surface area contributed by atoms with Crippen LogP contribution in [0.15, 0.2) is 0 Å². The van der Waals surface area contributed by atoms with Crippen molar-refractivity contribution in [3.8, 4) is 0 Å². The largest absolute Gasteiger partial charge is 0.376 e. The average molecular weight is 253 g/mol. The number of thiophene rings is 1. The molecule has 0 bridgehead atoms. The third-order valence-electron chi connectivity index (χ3n) is 2.63. The second kappa shape index (κ2) is 5.96. The summed E-state index contributed by atoms with van der Waals surface area (Å²) in [6.45, 7) is 7.89. The van der Waals surface area contributed by atoms with Gasteiger partial charge in [-0.25, -0.2) is 0 Å². The van der Waals surface area contributed by atoms with Gasteiger partial charge in [0.05, 0.1) is 10.4 Å². The van der Waals surface area contributed by atoms with Gasteiger partial charge >= 0.3 is 0 Å². The Morgan fingerprint density at radius 2 is 1.88 bits per heavy atom. The minimum Gasteiger partial charge on any atom is -0.376 e. The van der Waals surface area contributed by atoms with E-state index in [1.54, 1.807) is 13.8 Å². The van der Waals surface area contributed by atoms with Crippen LogP contribution in [0.3, 0.4) is 0 Å². The zero-order valence-electron chi connectivity index (χ0n) is 10.8. The number of unbranched alkanes of at least 4 members (excludes halogenated alkanes) is 1. The Bertz CT molecular complexity index is 435. The summed E-state index contributed by atoms with van der Waals surface area (Å²) >= 11 is 1.39. The number of ketones is 2. The van der Waals surface area contributed by atoms with E-state index in [-0.39, 0.29) is 11.6 Å².